The third-order valence-electron chi connectivity index (χ3n) is 5.30. The lowest BCUT2D eigenvalue weighted by atomic mass is 10.0. The fourth-order valence-corrected chi connectivity index (χ4v) is 4.52. The summed E-state index contributed by atoms with van der Waals surface area (Å²) < 4.78 is 15.5. The maximum Gasteiger partial charge on any atom is 0.281 e. The van der Waals surface area contributed by atoms with Crippen molar-refractivity contribution in [2.45, 2.75) is 33.2 Å². The van der Waals surface area contributed by atoms with Gasteiger partial charge in [-0.05, 0) is 44.4 Å². The molecule has 1 amide bonds. The first-order valence-corrected chi connectivity index (χ1v) is 11.1. The normalized spacial score (nSPS) is 16.9. The molecule has 4 rings (SSSR count). The molecule has 162 valence electrons. The summed E-state index contributed by atoms with van der Waals surface area (Å²) in [7, 11) is 0. The van der Waals surface area contributed by atoms with Crippen LogP contribution in [0.3, 0.4) is 0 Å². The van der Waals surface area contributed by atoms with Gasteiger partial charge in [-0.3, -0.25) is 19.8 Å². The molecule has 0 saturated carbocycles. The highest BCUT2D eigenvalue weighted by Gasteiger charge is 2.20. The minimum atomic E-state index is -0.664. The van der Waals surface area contributed by atoms with Crippen LogP contribution < -0.4 is 10.7 Å². The van der Waals surface area contributed by atoms with E-state index in [-0.39, 0.29) is 11.4 Å². The molecule has 9 heteroatoms. The van der Waals surface area contributed by atoms with Gasteiger partial charge in [-0.2, -0.15) is 5.10 Å². The van der Waals surface area contributed by atoms with Crippen molar-refractivity contribution in [2.75, 3.05) is 18.4 Å². The number of benzene rings is 1. The number of nitrogens with zero attached hydrogens (tertiary/aromatic N) is 4. The number of aromatic nitrogens is 3. The number of piperidine rings is 1. The van der Waals surface area contributed by atoms with Gasteiger partial charge in [0.25, 0.3) is 5.91 Å². The number of carbonyl (C=O) groups excluding carboxylic acids is 1. The van der Waals surface area contributed by atoms with Gasteiger partial charge < -0.3 is 0 Å². The molecule has 1 atom stereocenters. The zero-order valence-electron chi connectivity index (χ0n) is 17.5. The summed E-state index contributed by atoms with van der Waals surface area (Å²) in [5.74, 6) is -0.483. The molecule has 1 aromatic carbocycles. The molecule has 1 fully saturated rings. The van der Waals surface area contributed by atoms with Crippen molar-refractivity contribution in [1.29, 1.82) is 0 Å². The fraction of sp³-hybridized carbons (Fsp3) is 0.364. The predicted molar refractivity (Wildman–Crippen MR) is 118 cm³/mol. The van der Waals surface area contributed by atoms with Gasteiger partial charge in [0.2, 0.25) is 5.43 Å². The number of nitrogens with one attached hydrogen (secondary N) is 1. The summed E-state index contributed by atoms with van der Waals surface area (Å²) in [6.07, 6.45) is 2.44. The monoisotopic (exact) mass is 441 g/mol. The highest BCUT2D eigenvalue weighted by molar-refractivity contribution is 7.13. The van der Waals surface area contributed by atoms with Crippen LogP contribution >= 0.6 is 11.3 Å². The van der Waals surface area contributed by atoms with Crippen LogP contribution in [0.5, 0.6) is 0 Å². The van der Waals surface area contributed by atoms with Crippen LogP contribution in [0.4, 0.5) is 9.52 Å². The summed E-state index contributed by atoms with van der Waals surface area (Å²) >= 11 is 1.31. The lowest BCUT2D eigenvalue weighted by molar-refractivity contribution is 0.101. The molecule has 0 aliphatic carbocycles. The van der Waals surface area contributed by atoms with Crippen molar-refractivity contribution in [3.63, 3.8) is 0 Å². The van der Waals surface area contributed by atoms with E-state index < -0.39 is 17.2 Å². The largest absolute Gasteiger partial charge is 0.297 e. The number of likely N-dealkylation sites (tertiary alicyclic amines) is 1. The second-order valence-electron chi connectivity index (χ2n) is 7.94. The van der Waals surface area contributed by atoms with Gasteiger partial charge in [-0.25, -0.2) is 14.1 Å². The van der Waals surface area contributed by atoms with Gasteiger partial charge in [-0.1, -0.05) is 19.1 Å². The van der Waals surface area contributed by atoms with Crippen LogP contribution in [0.2, 0.25) is 0 Å². The molecule has 7 nitrogen and oxygen atoms in total. The maximum atomic E-state index is 14.2. The quantitative estimate of drug-likeness (QED) is 0.654. The number of carbonyl (C=O) groups is 1. The Morgan fingerprint density at radius 2 is 2.16 bits per heavy atom. The van der Waals surface area contributed by atoms with Crippen molar-refractivity contribution in [3.05, 3.63) is 68.8 Å². The van der Waals surface area contributed by atoms with Crippen molar-refractivity contribution in [2.24, 2.45) is 5.92 Å². The van der Waals surface area contributed by atoms with E-state index >= 15 is 0 Å². The predicted octanol–water partition coefficient (Wildman–Crippen LogP) is 3.62. The standard InChI is InChI=1S/C22H24FN5O2S/c1-14-6-5-9-27(11-14)12-16-13-31-22(24-16)25-21(30)20-19(29)10-15(2)28(26-20)18-8-4-3-7-17(18)23/h3-4,7-8,10,13-14H,5-6,9,11-12H2,1-2H3,(H,24,25,30). The van der Waals surface area contributed by atoms with E-state index in [2.05, 4.69) is 27.2 Å². The molecule has 3 heterocycles. The summed E-state index contributed by atoms with van der Waals surface area (Å²) in [6, 6.07) is 7.34. The zero-order valence-corrected chi connectivity index (χ0v) is 18.3. The number of anilines is 1. The molecule has 1 saturated heterocycles. The first-order valence-electron chi connectivity index (χ1n) is 10.2. The third kappa shape index (κ3) is 4.88. The first kappa shape index (κ1) is 21.3. The summed E-state index contributed by atoms with van der Waals surface area (Å²) in [4.78, 5) is 32.0. The molecule has 0 spiro atoms. The van der Waals surface area contributed by atoms with Gasteiger partial charge in [-0.15, -0.1) is 11.3 Å². The van der Waals surface area contributed by atoms with E-state index in [4.69, 9.17) is 0 Å². The molecule has 1 aliphatic rings. The molecule has 1 aliphatic heterocycles. The Bertz CT molecular complexity index is 1160. The number of thiazole rings is 1. The van der Waals surface area contributed by atoms with Crippen LogP contribution in [0, 0.1) is 18.7 Å². The summed E-state index contributed by atoms with van der Waals surface area (Å²) in [6.45, 7) is 6.71. The molecule has 3 aromatic rings. The van der Waals surface area contributed by atoms with Crippen molar-refractivity contribution in [1.82, 2.24) is 19.7 Å². The smallest absolute Gasteiger partial charge is 0.281 e. The van der Waals surface area contributed by atoms with Crippen molar-refractivity contribution < 1.29 is 9.18 Å². The van der Waals surface area contributed by atoms with E-state index in [1.165, 1.54) is 47.1 Å². The third-order valence-corrected chi connectivity index (χ3v) is 6.11. The first-order chi connectivity index (χ1) is 14.9. The van der Waals surface area contributed by atoms with Crippen LogP contribution in [0.15, 0.2) is 40.5 Å². The minimum Gasteiger partial charge on any atom is -0.297 e. The topological polar surface area (TPSA) is 80.1 Å². The molecular weight excluding hydrogens is 417 g/mol. The zero-order chi connectivity index (χ0) is 22.0. The van der Waals surface area contributed by atoms with Crippen LogP contribution in [-0.2, 0) is 6.54 Å². The van der Waals surface area contributed by atoms with E-state index in [1.54, 1.807) is 19.1 Å². The Kier molecular flexibility index (Phi) is 6.24. The molecule has 2 aromatic heterocycles. The Morgan fingerprint density at radius 1 is 1.35 bits per heavy atom. The van der Waals surface area contributed by atoms with Crippen LogP contribution in [-0.4, -0.2) is 38.7 Å². The van der Waals surface area contributed by atoms with Crippen LogP contribution in [0.1, 0.15) is 41.6 Å². The van der Waals surface area contributed by atoms with E-state index in [0.717, 1.165) is 25.3 Å². The number of amides is 1. The maximum absolute atomic E-state index is 14.2. The van der Waals surface area contributed by atoms with Gasteiger partial charge in [0, 0.05) is 30.2 Å². The Hall–Kier alpha value is -2.91. The SMILES string of the molecule is Cc1cc(=O)c(C(=O)Nc2nc(CN3CCCC(C)C3)cs2)nn1-c1ccccc1F. The number of rotatable bonds is 5. The molecule has 0 radical (unpaired) electrons. The highest BCUT2D eigenvalue weighted by atomic mass is 32.1. The van der Waals surface area contributed by atoms with Gasteiger partial charge in [0.05, 0.1) is 5.69 Å². The number of hydrogen-bond acceptors (Lipinski definition) is 6. The number of hydrogen-bond donors (Lipinski definition) is 1. The molecule has 1 N–H and O–H groups in total. The summed E-state index contributed by atoms with van der Waals surface area (Å²) in [5, 5.41) is 9.11. The number of aryl methyl sites for hydroxylation is 1. The lowest BCUT2D eigenvalue weighted by Gasteiger charge is -2.30. The van der Waals surface area contributed by atoms with E-state index in [1.807, 2.05) is 5.38 Å². The molecule has 31 heavy (non-hydrogen) atoms. The van der Waals surface area contributed by atoms with Crippen LogP contribution in [0.25, 0.3) is 5.69 Å². The Morgan fingerprint density at radius 3 is 2.94 bits per heavy atom. The van der Waals surface area contributed by atoms with Gasteiger partial charge >= 0.3 is 0 Å². The molecule has 0 bridgehead atoms. The highest BCUT2D eigenvalue weighted by Crippen LogP contribution is 2.21. The molecule has 1 unspecified atom stereocenters. The Balaban J connectivity index is 1.51. The van der Waals surface area contributed by atoms with E-state index in [0.29, 0.717) is 16.7 Å². The van der Waals surface area contributed by atoms with Crippen molar-refractivity contribution >= 4 is 22.4 Å². The molecular formula is C22H24FN5O2S. The second kappa shape index (κ2) is 9.07. The van der Waals surface area contributed by atoms with E-state index in [9.17, 15) is 14.0 Å². The van der Waals surface area contributed by atoms with Gasteiger partial charge in [0.15, 0.2) is 10.8 Å². The average Bonchev–Trinajstić information content (AvgIpc) is 3.15. The van der Waals surface area contributed by atoms with Gasteiger partial charge in [0.1, 0.15) is 11.5 Å². The number of para-hydroxylation sites is 1. The van der Waals surface area contributed by atoms with Crippen molar-refractivity contribution in [3.8, 4) is 5.69 Å². The summed E-state index contributed by atoms with van der Waals surface area (Å²) in [5.41, 5.74) is 0.646. The minimum absolute atomic E-state index is 0.168. The average molecular weight is 442 g/mol. The number of halogens is 1. The lowest BCUT2D eigenvalue weighted by Crippen LogP contribution is -2.33. The fourth-order valence-electron chi connectivity index (χ4n) is 3.82. The second-order valence-corrected chi connectivity index (χ2v) is 8.80. The Labute approximate surface area is 183 Å².